The molecule has 1 aliphatic rings. The Morgan fingerprint density at radius 3 is 2.17 bits per heavy atom. The van der Waals surface area contributed by atoms with Crippen molar-refractivity contribution < 1.29 is 0 Å². The maximum atomic E-state index is 3.64. The molecule has 1 aromatic carbocycles. The van der Waals surface area contributed by atoms with Gasteiger partial charge in [0.1, 0.15) is 0 Å². The maximum absolute atomic E-state index is 3.64. The number of fused-ring (bicyclic) bond motifs is 1. The molecule has 0 aliphatic heterocycles. The summed E-state index contributed by atoms with van der Waals surface area (Å²) in [5.74, 6) is 0. The fourth-order valence-corrected chi connectivity index (χ4v) is 10.3. The molecule has 1 heterocycles. The van der Waals surface area contributed by atoms with Crippen molar-refractivity contribution in [1.29, 1.82) is 0 Å². The lowest BCUT2D eigenvalue weighted by molar-refractivity contribution is 1.12. The molecule has 0 radical (unpaired) electrons. The first-order chi connectivity index (χ1) is 10.2. The third-order valence-electron chi connectivity index (χ3n) is 4.86. The second-order valence-electron chi connectivity index (χ2n) is 6.66. The number of allylic oxidation sites excluding steroid dienone is 1. The summed E-state index contributed by atoms with van der Waals surface area (Å²) in [4.78, 5) is 3.16. The van der Waals surface area contributed by atoms with E-state index in [0.29, 0.717) is 5.25 Å². The molecular weight excluding hydrogens is 386 g/mol. The minimum atomic E-state index is -0.951. The molecule has 2 aromatic rings. The minimum Gasteiger partial charge on any atom is -0.344 e. The molecule has 0 saturated carbocycles. The molecule has 0 bridgehead atoms. The normalized spacial score (nSPS) is 18.0. The van der Waals surface area contributed by atoms with Crippen LogP contribution in [0, 0.1) is 13.8 Å². The monoisotopic (exact) mass is 411 g/mol. The third kappa shape index (κ3) is 2.84. The average Bonchev–Trinajstić information content (AvgIpc) is 2.92. The first-order valence-corrected chi connectivity index (χ1v) is 11.7. The molecule has 3 rings (SSSR count). The van der Waals surface area contributed by atoms with Crippen LogP contribution in [-0.2, 0) is 0 Å². The van der Waals surface area contributed by atoms with Crippen LogP contribution in [0.2, 0.25) is 0 Å². The van der Waals surface area contributed by atoms with Gasteiger partial charge in [-0.25, -0.2) is 10.0 Å². The van der Waals surface area contributed by atoms with E-state index in [2.05, 4.69) is 79.7 Å². The van der Waals surface area contributed by atoms with Crippen molar-refractivity contribution in [1.82, 2.24) is 6.15 Å². The minimum absolute atomic E-state index is 0. The van der Waals surface area contributed by atoms with Gasteiger partial charge < -0.3 is 6.15 Å². The first kappa shape index (κ1) is 18.8. The highest BCUT2D eigenvalue weighted by Gasteiger charge is 2.38. The van der Waals surface area contributed by atoms with Crippen molar-refractivity contribution in [2.75, 3.05) is 12.5 Å². The summed E-state index contributed by atoms with van der Waals surface area (Å²) in [6.45, 7) is 9.15. The van der Waals surface area contributed by atoms with Crippen LogP contribution in [0.3, 0.4) is 0 Å². The lowest BCUT2D eigenvalue weighted by Gasteiger charge is -2.41. The smallest absolute Gasteiger partial charge is 0.0487 e. The largest absolute Gasteiger partial charge is 0.344 e. The van der Waals surface area contributed by atoms with E-state index in [1.54, 1.807) is 15.3 Å². The summed E-state index contributed by atoms with van der Waals surface area (Å²) in [6.07, 6.45) is 4.99. The third-order valence-corrected chi connectivity index (χ3v) is 9.92. The topological polar surface area (TPSA) is 35.0 Å². The molecule has 1 aromatic heterocycles. The molecular formula is C19H26BrNS2. The average molecular weight is 412 g/mol. The van der Waals surface area contributed by atoms with Crippen LogP contribution in [0.5, 0.6) is 0 Å². The van der Waals surface area contributed by atoms with Gasteiger partial charge in [-0.15, -0.1) is 11.3 Å². The summed E-state index contributed by atoms with van der Waals surface area (Å²) in [7, 11) is -0.951. The molecule has 1 nitrogen and oxygen atoms in total. The lowest BCUT2D eigenvalue weighted by atomic mass is 10.1. The van der Waals surface area contributed by atoms with Crippen LogP contribution in [0.4, 0.5) is 0 Å². The zero-order valence-corrected chi connectivity index (χ0v) is 18.0. The van der Waals surface area contributed by atoms with Gasteiger partial charge in [-0.05, 0) is 90.9 Å². The van der Waals surface area contributed by atoms with Gasteiger partial charge >= 0.3 is 0 Å². The van der Waals surface area contributed by atoms with Crippen LogP contribution < -0.4 is 6.15 Å². The highest BCUT2D eigenvalue weighted by atomic mass is 79.9. The Morgan fingerprint density at radius 1 is 1.04 bits per heavy atom. The van der Waals surface area contributed by atoms with Crippen molar-refractivity contribution in [2.45, 2.75) is 37.8 Å². The molecule has 0 amide bonds. The van der Waals surface area contributed by atoms with E-state index in [1.807, 2.05) is 11.3 Å². The molecule has 0 spiro atoms. The van der Waals surface area contributed by atoms with Gasteiger partial charge in [-0.3, -0.25) is 0 Å². The molecule has 1 aliphatic carbocycles. The zero-order valence-electron chi connectivity index (χ0n) is 14.8. The molecule has 126 valence electrons. The van der Waals surface area contributed by atoms with E-state index >= 15 is 0 Å². The van der Waals surface area contributed by atoms with Crippen molar-refractivity contribution in [3.8, 4) is 0 Å². The Hall–Kier alpha value is -0.550. The Kier molecular flexibility index (Phi) is 5.22. The van der Waals surface area contributed by atoms with Crippen molar-refractivity contribution >= 4 is 42.9 Å². The van der Waals surface area contributed by atoms with Gasteiger partial charge in [0, 0.05) is 14.6 Å². The summed E-state index contributed by atoms with van der Waals surface area (Å²) in [5, 5.41) is 2.82. The van der Waals surface area contributed by atoms with Crippen LogP contribution >= 0.6 is 37.3 Å². The fraction of sp³-hybridized carbons (Fsp3) is 0.368. The van der Waals surface area contributed by atoms with Gasteiger partial charge in [0.2, 0.25) is 0 Å². The van der Waals surface area contributed by atoms with Crippen molar-refractivity contribution in [3.63, 3.8) is 0 Å². The standard InChI is InChI=1S/C19H23BrS2.H3N/c1-11-9-15(20)10-12(2)18(11)22(5,6)19-14(4)13(3)16-7-8-21-17(16)19;/h7-10,19H,1-6H3;1H3. The summed E-state index contributed by atoms with van der Waals surface area (Å²) < 4.78 is 1.19. The first-order valence-electron chi connectivity index (χ1n) is 7.49. The van der Waals surface area contributed by atoms with Gasteiger partial charge in [-0.1, -0.05) is 21.5 Å². The van der Waals surface area contributed by atoms with E-state index in [-0.39, 0.29) is 6.15 Å². The van der Waals surface area contributed by atoms with E-state index in [0.717, 1.165) is 0 Å². The number of benzene rings is 1. The zero-order chi connectivity index (χ0) is 16.2. The Morgan fingerprint density at radius 2 is 1.61 bits per heavy atom. The maximum Gasteiger partial charge on any atom is 0.0487 e. The van der Waals surface area contributed by atoms with Crippen LogP contribution in [0.25, 0.3) is 5.57 Å². The predicted molar refractivity (Wildman–Crippen MR) is 112 cm³/mol. The number of thiophene rings is 1. The molecule has 0 saturated heterocycles. The number of aryl methyl sites for hydroxylation is 2. The van der Waals surface area contributed by atoms with Gasteiger partial charge in [0.15, 0.2) is 0 Å². The SMILES string of the molecule is CC1=C(C)C(S(C)(C)c2c(C)cc(Br)cc2C)c2sccc21.N. The van der Waals surface area contributed by atoms with Crippen LogP contribution in [-0.4, -0.2) is 12.5 Å². The van der Waals surface area contributed by atoms with Crippen molar-refractivity contribution in [2.24, 2.45) is 0 Å². The lowest BCUT2D eigenvalue weighted by Crippen LogP contribution is -2.11. The molecule has 1 unspecified atom stereocenters. The van der Waals surface area contributed by atoms with E-state index in [9.17, 15) is 0 Å². The summed E-state index contributed by atoms with van der Waals surface area (Å²) in [5.41, 5.74) is 7.39. The van der Waals surface area contributed by atoms with Crippen LogP contribution in [0.1, 0.15) is 40.7 Å². The fourth-order valence-electron chi connectivity index (χ4n) is 3.99. The van der Waals surface area contributed by atoms with Gasteiger partial charge in [0.05, 0.1) is 0 Å². The second kappa shape index (κ2) is 6.40. The second-order valence-corrected chi connectivity index (χ2v) is 12.2. The number of rotatable bonds is 2. The molecule has 4 heteroatoms. The molecule has 1 atom stereocenters. The van der Waals surface area contributed by atoms with Crippen molar-refractivity contribution in [3.05, 3.63) is 55.2 Å². The van der Waals surface area contributed by atoms with Gasteiger partial charge in [0.25, 0.3) is 0 Å². The summed E-state index contributed by atoms with van der Waals surface area (Å²) >= 11 is 5.57. The molecule has 23 heavy (non-hydrogen) atoms. The highest BCUT2D eigenvalue weighted by Crippen LogP contribution is 2.69. The quantitative estimate of drug-likeness (QED) is 0.553. The Labute approximate surface area is 154 Å². The predicted octanol–water partition coefficient (Wildman–Crippen LogP) is 7.26. The number of hydrogen-bond donors (Lipinski definition) is 1. The highest BCUT2D eigenvalue weighted by molar-refractivity contribution is 9.10. The van der Waals surface area contributed by atoms with E-state index in [4.69, 9.17) is 0 Å². The Balaban J connectivity index is 0.00000192. The number of halogens is 1. The Bertz CT molecular complexity index is 763. The van der Waals surface area contributed by atoms with Gasteiger partial charge in [-0.2, -0.15) is 0 Å². The molecule has 3 N–H and O–H groups in total. The van der Waals surface area contributed by atoms with Crippen LogP contribution in [0.15, 0.2) is 38.5 Å². The number of hydrogen-bond acceptors (Lipinski definition) is 2. The van der Waals surface area contributed by atoms with E-state index < -0.39 is 10.0 Å². The van der Waals surface area contributed by atoms with E-state index in [1.165, 1.54) is 26.7 Å². The molecule has 0 fully saturated rings. The summed E-state index contributed by atoms with van der Waals surface area (Å²) in [6, 6.07) is 6.84.